The molecule has 2 heterocycles. The smallest absolute Gasteiger partial charge is 0.107 e. The fraction of sp³-hybridized carbons (Fsp3) is 1.00. The van der Waals surface area contributed by atoms with Gasteiger partial charge in [-0.05, 0) is 13.8 Å². The van der Waals surface area contributed by atoms with Crippen LogP contribution in [0.4, 0.5) is 0 Å². The molecule has 2 aliphatic heterocycles. The highest BCUT2D eigenvalue weighted by Crippen LogP contribution is 2.25. The Hall–Kier alpha value is -0.240. The van der Waals surface area contributed by atoms with Crippen LogP contribution in [0.3, 0.4) is 0 Å². The number of ether oxygens (including phenoxy) is 2. The van der Waals surface area contributed by atoms with Crippen molar-refractivity contribution in [3.8, 4) is 0 Å². The van der Waals surface area contributed by atoms with Crippen LogP contribution >= 0.6 is 0 Å². The molecule has 0 aromatic rings. The molecule has 6 nitrogen and oxygen atoms in total. The van der Waals surface area contributed by atoms with Crippen LogP contribution in [0.15, 0.2) is 0 Å². The van der Waals surface area contributed by atoms with E-state index in [1.807, 2.05) is 20.8 Å². The first-order valence-electron chi connectivity index (χ1n) is 6.79. The topological polar surface area (TPSA) is 99.4 Å². The van der Waals surface area contributed by atoms with E-state index in [0.717, 1.165) is 0 Å². The summed E-state index contributed by atoms with van der Waals surface area (Å²) in [5.41, 5.74) is 0. The minimum atomic E-state index is -0.500. The average molecular weight is 278 g/mol. The van der Waals surface area contributed by atoms with E-state index < -0.39 is 12.2 Å². The van der Waals surface area contributed by atoms with E-state index in [1.165, 1.54) is 0 Å². The summed E-state index contributed by atoms with van der Waals surface area (Å²) < 4.78 is 10.4. The fourth-order valence-corrected chi connectivity index (χ4v) is 2.35. The van der Waals surface area contributed by atoms with Crippen LogP contribution in [-0.4, -0.2) is 70.3 Å². The normalized spacial score (nSPS) is 45.9. The molecule has 2 saturated heterocycles. The molecule has 0 aromatic carbocycles. The van der Waals surface area contributed by atoms with Crippen molar-refractivity contribution in [2.24, 2.45) is 5.92 Å². The van der Waals surface area contributed by atoms with Gasteiger partial charge in [-0.2, -0.15) is 0 Å². The van der Waals surface area contributed by atoms with Crippen molar-refractivity contribution in [1.29, 1.82) is 0 Å². The quantitative estimate of drug-likeness (QED) is 0.532. The molecule has 6 heteroatoms. The minimum absolute atomic E-state index is 0.0622. The molecule has 2 fully saturated rings. The first-order valence-corrected chi connectivity index (χ1v) is 6.79. The number of hydrogen-bond donors (Lipinski definition) is 4. The third-order valence-corrected chi connectivity index (χ3v) is 3.82. The highest BCUT2D eigenvalue weighted by atomic mass is 16.5. The molecule has 4 N–H and O–H groups in total. The molecule has 7 unspecified atom stereocenters. The summed E-state index contributed by atoms with van der Waals surface area (Å²) in [4.78, 5) is 0. The Kier molecular flexibility index (Phi) is 6.65. The summed E-state index contributed by atoms with van der Waals surface area (Å²) in [5.74, 6) is 0.136. The van der Waals surface area contributed by atoms with Gasteiger partial charge in [-0.3, -0.25) is 0 Å². The van der Waals surface area contributed by atoms with Crippen LogP contribution in [0.2, 0.25) is 0 Å². The maximum atomic E-state index is 9.34. The highest BCUT2D eigenvalue weighted by Gasteiger charge is 2.37. The minimum Gasteiger partial charge on any atom is -0.394 e. The van der Waals surface area contributed by atoms with Crippen molar-refractivity contribution in [2.75, 3.05) is 13.2 Å². The van der Waals surface area contributed by atoms with Crippen LogP contribution in [0.25, 0.3) is 0 Å². The first kappa shape index (κ1) is 16.8. The maximum absolute atomic E-state index is 9.34. The van der Waals surface area contributed by atoms with Gasteiger partial charge in [-0.15, -0.1) is 0 Å². The highest BCUT2D eigenvalue weighted by molar-refractivity contribution is 4.85. The molecule has 0 saturated carbocycles. The molecule has 114 valence electrons. The molecule has 2 aliphatic rings. The molecule has 0 aliphatic carbocycles. The summed E-state index contributed by atoms with van der Waals surface area (Å²) >= 11 is 0. The van der Waals surface area contributed by atoms with E-state index in [2.05, 4.69) is 0 Å². The third kappa shape index (κ3) is 4.37. The van der Waals surface area contributed by atoms with Gasteiger partial charge < -0.3 is 29.9 Å². The lowest BCUT2D eigenvalue weighted by Gasteiger charge is -2.11. The Bertz CT molecular complexity index is 262. The second-order valence-electron chi connectivity index (χ2n) is 5.38. The van der Waals surface area contributed by atoms with Gasteiger partial charge in [0.05, 0.1) is 37.6 Å². The summed E-state index contributed by atoms with van der Waals surface area (Å²) in [5, 5.41) is 35.7. The lowest BCUT2D eigenvalue weighted by atomic mass is 10.00. The zero-order valence-electron chi connectivity index (χ0n) is 11.8. The van der Waals surface area contributed by atoms with Crippen molar-refractivity contribution < 1.29 is 29.9 Å². The molecule has 0 spiro atoms. The molecule has 0 bridgehead atoms. The molecule has 2 rings (SSSR count). The summed E-state index contributed by atoms with van der Waals surface area (Å²) in [7, 11) is 0. The Morgan fingerprint density at radius 3 is 1.74 bits per heavy atom. The number of aliphatic hydroxyl groups excluding tert-OH is 4. The second kappa shape index (κ2) is 7.52. The van der Waals surface area contributed by atoms with Crippen LogP contribution in [-0.2, 0) is 9.47 Å². The first-order chi connectivity index (χ1) is 8.90. The van der Waals surface area contributed by atoms with Gasteiger partial charge in [0.1, 0.15) is 12.2 Å². The van der Waals surface area contributed by atoms with Crippen LogP contribution in [0, 0.1) is 5.92 Å². The Morgan fingerprint density at radius 2 is 1.53 bits per heavy atom. The van der Waals surface area contributed by atoms with E-state index in [9.17, 15) is 5.11 Å². The summed E-state index contributed by atoms with van der Waals surface area (Å²) in [6.45, 7) is 5.55. The SMILES string of the molecule is CC1CC(O)C(CO)O1.CC1OC(CO)C(O)C1C. The predicted octanol–water partition coefficient (Wildman–Crippen LogP) is -0.720. The van der Waals surface area contributed by atoms with Crippen LogP contribution in [0.1, 0.15) is 27.2 Å². The fourth-order valence-electron chi connectivity index (χ4n) is 2.35. The van der Waals surface area contributed by atoms with Crippen molar-refractivity contribution >= 4 is 0 Å². The maximum Gasteiger partial charge on any atom is 0.107 e. The molecule has 0 amide bonds. The molecular formula is C13H26O6. The third-order valence-electron chi connectivity index (χ3n) is 3.82. The lowest BCUT2D eigenvalue weighted by molar-refractivity contribution is -0.0170. The zero-order valence-corrected chi connectivity index (χ0v) is 11.8. The number of aliphatic hydroxyl groups is 4. The van der Waals surface area contributed by atoms with Crippen molar-refractivity contribution in [3.05, 3.63) is 0 Å². The molecular weight excluding hydrogens is 252 g/mol. The van der Waals surface area contributed by atoms with Crippen molar-refractivity contribution in [2.45, 2.75) is 63.8 Å². The van der Waals surface area contributed by atoms with Crippen LogP contribution < -0.4 is 0 Å². The van der Waals surface area contributed by atoms with Crippen LogP contribution in [0.5, 0.6) is 0 Å². The standard InChI is InChI=1S/C7H14O3.C6H12O3/c1-4-5(2)10-6(3-8)7(4)9;1-4-2-5(8)6(3-7)9-4/h4-9H,3H2,1-2H3;4-8H,2-3H2,1H3. The molecule has 0 aromatic heterocycles. The van der Waals surface area contributed by atoms with Gasteiger partial charge in [0, 0.05) is 12.3 Å². The summed E-state index contributed by atoms with van der Waals surface area (Å²) in [6, 6.07) is 0. The van der Waals surface area contributed by atoms with E-state index >= 15 is 0 Å². The van der Waals surface area contributed by atoms with E-state index in [1.54, 1.807) is 0 Å². The average Bonchev–Trinajstić information content (AvgIpc) is 2.83. The molecule has 7 atom stereocenters. The van der Waals surface area contributed by atoms with E-state index in [0.29, 0.717) is 6.42 Å². The summed E-state index contributed by atoms with van der Waals surface area (Å²) in [6.07, 6.45) is -0.884. The van der Waals surface area contributed by atoms with E-state index in [4.69, 9.17) is 24.8 Å². The molecule has 19 heavy (non-hydrogen) atoms. The Morgan fingerprint density at radius 1 is 0.947 bits per heavy atom. The zero-order chi connectivity index (χ0) is 14.6. The Balaban J connectivity index is 0.000000191. The van der Waals surface area contributed by atoms with Gasteiger partial charge >= 0.3 is 0 Å². The van der Waals surface area contributed by atoms with Crippen molar-refractivity contribution in [1.82, 2.24) is 0 Å². The second-order valence-corrected chi connectivity index (χ2v) is 5.38. The van der Waals surface area contributed by atoms with Crippen molar-refractivity contribution in [3.63, 3.8) is 0 Å². The number of hydrogen-bond acceptors (Lipinski definition) is 6. The van der Waals surface area contributed by atoms with Gasteiger partial charge in [-0.1, -0.05) is 6.92 Å². The lowest BCUT2D eigenvalue weighted by Crippen LogP contribution is -2.28. The van der Waals surface area contributed by atoms with Gasteiger partial charge in [0.25, 0.3) is 0 Å². The Labute approximate surface area is 114 Å². The van der Waals surface area contributed by atoms with Gasteiger partial charge in [0.15, 0.2) is 0 Å². The van der Waals surface area contributed by atoms with Gasteiger partial charge in [-0.25, -0.2) is 0 Å². The molecule has 0 radical (unpaired) electrons. The monoisotopic (exact) mass is 278 g/mol. The largest absolute Gasteiger partial charge is 0.394 e. The van der Waals surface area contributed by atoms with E-state index in [-0.39, 0.29) is 43.5 Å². The predicted molar refractivity (Wildman–Crippen MR) is 68.6 cm³/mol. The number of rotatable bonds is 2. The van der Waals surface area contributed by atoms with Gasteiger partial charge in [0.2, 0.25) is 0 Å².